The summed E-state index contributed by atoms with van der Waals surface area (Å²) < 4.78 is 11.7. The van der Waals surface area contributed by atoms with Gasteiger partial charge in [0.1, 0.15) is 11.8 Å². The zero-order valence-corrected chi connectivity index (χ0v) is 16.8. The summed E-state index contributed by atoms with van der Waals surface area (Å²) in [6.45, 7) is 1.00. The highest BCUT2D eigenvalue weighted by Gasteiger charge is 2.41. The number of carbonyl (C=O) groups excluding carboxylic acids is 2. The van der Waals surface area contributed by atoms with Crippen LogP contribution in [0.5, 0.6) is 11.5 Å². The highest BCUT2D eigenvalue weighted by atomic mass is 35.5. The second-order valence-corrected chi connectivity index (χ2v) is 8.40. The van der Waals surface area contributed by atoms with E-state index in [1.54, 1.807) is 6.07 Å². The molecule has 146 valence electrons. The molecule has 0 spiro atoms. The molecule has 0 aromatic heterocycles. The molecule has 0 amide bonds. The van der Waals surface area contributed by atoms with E-state index in [4.69, 9.17) is 21.1 Å². The van der Waals surface area contributed by atoms with E-state index in [-0.39, 0.29) is 25.0 Å². The minimum Gasteiger partial charge on any atom is -0.454 e. The largest absolute Gasteiger partial charge is 0.454 e. The number of rotatable bonds is 5. The van der Waals surface area contributed by atoms with Crippen LogP contribution in [0.4, 0.5) is 0 Å². The first-order valence-corrected chi connectivity index (χ1v) is 9.77. The van der Waals surface area contributed by atoms with E-state index in [1.165, 1.54) is 0 Å². The quantitative estimate of drug-likeness (QED) is 0.566. The fourth-order valence-corrected chi connectivity index (χ4v) is 4.46. The predicted molar refractivity (Wildman–Crippen MR) is 106 cm³/mol. The molecule has 28 heavy (non-hydrogen) atoms. The molecule has 0 radical (unpaired) electrons. The number of hydrogen-bond acceptors (Lipinski definition) is 4. The van der Waals surface area contributed by atoms with Crippen molar-refractivity contribution in [1.82, 2.24) is 0 Å². The average Bonchev–Trinajstić information content (AvgIpc) is 3.12. The zero-order chi connectivity index (χ0) is 19.9. The van der Waals surface area contributed by atoms with Crippen molar-refractivity contribution in [3.63, 3.8) is 0 Å². The maximum absolute atomic E-state index is 13.0. The fourth-order valence-electron chi connectivity index (χ4n) is 4.26. The maximum atomic E-state index is 13.0. The van der Waals surface area contributed by atoms with Gasteiger partial charge in [0.15, 0.2) is 17.8 Å². The van der Waals surface area contributed by atoms with Crippen LogP contribution in [0.3, 0.4) is 0 Å². The Morgan fingerprint density at radius 1 is 1.29 bits per heavy atom. The molecule has 2 aromatic rings. The van der Waals surface area contributed by atoms with Crippen LogP contribution >= 0.6 is 11.6 Å². The van der Waals surface area contributed by atoms with Crippen LogP contribution in [-0.2, 0) is 17.6 Å². The Bertz CT molecular complexity index is 954. The summed E-state index contributed by atoms with van der Waals surface area (Å²) in [4.78, 5) is 24.9. The number of likely N-dealkylation sites (N-methyl/N-ethyl adjacent to an activating group) is 1. The van der Waals surface area contributed by atoms with E-state index in [1.807, 2.05) is 24.3 Å². The Labute approximate surface area is 169 Å². The van der Waals surface area contributed by atoms with Crippen LogP contribution in [0.1, 0.15) is 39.5 Å². The summed E-state index contributed by atoms with van der Waals surface area (Å²) >= 11 is 6.23. The first kappa shape index (κ1) is 19.0. The second kappa shape index (κ2) is 7.22. The van der Waals surface area contributed by atoms with Gasteiger partial charge in [-0.2, -0.15) is 0 Å². The molecule has 1 atom stereocenters. The smallest absolute Gasteiger partial charge is 0.231 e. The van der Waals surface area contributed by atoms with Gasteiger partial charge in [-0.15, -0.1) is 0 Å². The molecule has 2 aliphatic heterocycles. The van der Waals surface area contributed by atoms with Crippen molar-refractivity contribution in [2.45, 2.75) is 25.3 Å². The van der Waals surface area contributed by atoms with Crippen LogP contribution in [0, 0.1) is 0 Å². The van der Waals surface area contributed by atoms with E-state index in [0.717, 1.165) is 35.9 Å². The number of nitrogens with zero attached hydrogens (tertiary/aromatic N) is 1. The van der Waals surface area contributed by atoms with E-state index in [9.17, 15) is 9.59 Å². The highest BCUT2D eigenvalue weighted by molar-refractivity contribution is 6.31. The summed E-state index contributed by atoms with van der Waals surface area (Å²) in [6, 6.07) is 9.26. The summed E-state index contributed by atoms with van der Waals surface area (Å²) in [6.07, 6.45) is 2.29. The van der Waals surface area contributed by atoms with Gasteiger partial charge in [-0.25, -0.2) is 0 Å². The van der Waals surface area contributed by atoms with Crippen molar-refractivity contribution in [3.8, 4) is 11.5 Å². The number of carbonyl (C=O) groups is 2. The minimum absolute atomic E-state index is 0.103. The van der Waals surface area contributed by atoms with Crippen LogP contribution in [0.15, 0.2) is 30.3 Å². The molecular weight excluding hydrogens is 378 g/mol. The Balaban J connectivity index is 1.70. The molecule has 1 unspecified atom stereocenters. The number of benzene rings is 2. The third-order valence-corrected chi connectivity index (χ3v) is 6.22. The van der Waals surface area contributed by atoms with Gasteiger partial charge in [-0.05, 0) is 23.3 Å². The maximum Gasteiger partial charge on any atom is 0.231 e. The first-order valence-electron chi connectivity index (χ1n) is 9.39. The van der Waals surface area contributed by atoms with Crippen LogP contribution < -0.4 is 9.47 Å². The monoisotopic (exact) mass is 400 g/mol. The third kappa shape index (κ3) is 3.29. The van der Waals surface area contributed by atoms with Crippen LogP contribution in [-0.4, -0.2) is 44.0 Å². The van der Waals surface area contributed by atoms with Crippen LogP contribution in [0.25, 0.3) is 0 Å². The van der Waals surface area contributed by atoms with Gasteiger partial charge in [0, 0.05) is 23.4 Å². The standard InChI is InChI=1S/C22H23ClNO4/c1-24(2)8-7-15-10-20-22(28-13-27-20)17(12-25)21(15)19(24)11-16(26)9-14-5-3-4-6-18(14)23/h3-6,10,12,19H,7-9,11,13H2,1-2H3/q+1. The summed E-state index contributed by atoms with van der Waals surface area (Å²) in [5.41, 5.74) is 3.34. The molecule has 2 aliphatic rings. The number of hydrogen-bond donors (Lipinski definition) is 0. The van der Waals surface area contributed by atoms with Gasteiger partial charge in [0.05, 0.1) is 32.6 Å². The number of halogens is 1. The molecule has 0 saturated heterocycles. The van der Waals surface area contributed by atoms with E-state index < -0.39 is 0 Å². The van der Waals surface area contributed by atoms with Gasteiger partial charge < -0.3 is 14.0 Å². The van der Waals surface area contributed by atoms with Crippen molar-refractivity contribution in [1.29, 1.82) is 0 Å². The van der Waals surface area contributed by atoms with Crippen molar-refractivity contribution in [3.05, 3.63) is 57.6 Å². The van der Waals surface area contributed by atoms with Crippen LogP contribution in [0.2, 0.25) is 5.02 Å². The van der Waals surface area contributed by atoms with E-state index >= 15 is 0 Å². The average molecular weight is 401 g/mol. The molecule has 0 aliphatic carbocycles. The Morgan fingerprint density at radius 2 is 2.07 bits per heavy atom. The topological polar surface area (TPSA) is 52.6 Å². The van der Waals surface area contributed by atoms with Gasteiger partial charge in [0.25, 0.3) is 0 Å². The lowest BCUT2D eigenvalue weighted by Crippen LogP contribution is -2.49. The third-order valence-electron chi connectivity index (χ3n) is 5.85. The SMILES string of the molecule is C[N+]1(C)CCc2cc3c(c(C=O)c2C1CC(=O)Cc1ccccc1Cl)OCO3. The number of quaternary nitrogens is 1. The normalized spacial score (nSPS) is 19.2. The molecule has 0 N–H and O–H groups in total. The molecule has 2 aromatic carbocycles. The lowest BCUT2D eigenvalue weighted by molar-refractivity contribution is -0.922. The summed E-state index contributed by atoms with van der Waals surface area (Å²) in [7, 11) is 4.21. The van der Waals surface area contributed by atoms with Gasteiger partial charge in [-0.1, -0.05) is 29.8 Å². The molecule has 4 rings (SSSR count). The van der Waals surface area contributed by atoms with Crippen molar-refractivity contribution in [2.75, 3.05) is 27.4 Å². The van der Waals surface area contributed by atoms with Gasteiger partial charge >= 0.3 is 0 Å². The van der Waals surface area contributed by atoms with Crippen molar-refractivity contribution < 1.29 is 23.5 Å². The molecule has 2 heterocycles. The lowest BCUT2D eigenvalue weighted by atomic mass is 9.84. The van der Waals surface area contributed by atoms with Crippen molar-refractivity contribution in [2.24, 2.45) is 0 Å². The first-order chi connectivity index (χ1) is 13.4. The molecule has 5 nitrogen and oxygen atoms in total. The number of Topliss-reactive ketones (excluding diaryl/α,β-unsaturated/α-hetero) is 1. The number of ether oxygens (including phenoxy) is 2. The molecular formula is C22H23ClNO4+. The van der Waals surface area contributed by atoms with E-state index in [0.29, 0.717) is 33.0 Å². The van der Waals surface area contributed by atoms with Gasteiger partial charge in [-0.3, -0.25) is 9.59 Å². The number of fused-ring (bicyclic) bond motifs is 2. The second-order valence-electron chi connectivity index (χ2n) is 7.99. The number of ketones is 1. The Kier molecular flexibility index (Phi) is 4.89. The fraction of sp³-hybridized carbons (Fsp3) is 0.364. The van der Waals surface area contributed by atoms with E-state index in [2.05, 4.69) is 14.1 Å². The Hall–Kier alpha value is -2.37. The van der Waals surface area contributed by atoms with Crippen molar-refractivity contribution >= 4 is 23.7 Å². The molecule has 6 heteroatoms. The Morgan fingerprint density at radius 3 is 2.82 bits per heavy atom. The molecule has 0 saturated carbocycles. The lowest BCUT2D eigenvalue weighted by Gasteiger charge is -2.43. The summed E-state index contributed by atoms with van der Waals surface area (Å²) in [5, 5.41) is 0.602. The minimum atomic E-state index is -0.117. The molecule has 0 bridgehead atoms. The highest BCUT2D eigenvalue weighted by Crippen LogP contribution is 2.46. The van der Waals surface area contributed by atoms with Gasteiger partial charge in [0.2, 0.25) is 6.79 Å². The zero-order valence-electron chi connectivity index (χ0n) is 16.0. The number of aldehydes is 1. The summed E-state index contributed by atoms with van der Waals surface area (Å²) in [5.74, 6) is 1.22. The molecule has 0 fully saturated rings. The predicted octanol–water partition coefficient (Wildman–Crippen LogP) is 3.76.